The minimum atomic E-state index is -0.420. The predicted molar refractivity (Wildman–Crippen MR) is 142 cm³/mol. The molecule has 0 atom stereocenters. The van der Waals surface area contributed by atoms with Crippen LogP contribution >= 0.6 is 11.8 Å². The highest BCUT2D eigenvalue weighted by Gasteiger charge is 2.17. The van der Waals surface area contributed by atoms with E-state index in [9.17, 15) is 9.18 Å². The maximum Gasteiger partial charge on any atom is 0.252 e. The number of aromatic nitrogens is 3. The number of pyridine rings is 1. The fourth-order valence-electron chi connectivity index (χ4n) is 4.42. The molecule has 6 nitrogen and oxygen atoms in total. The molecule has 5 rings (SSSR count). The summed E-state index contributed by atoms with van der Waals surface area (Å²) in [5.74, 6) is -0.704. The fourth-order valence-corrected chi connectivity index (χ4v) is 5.41. The lowest BCUT2D eigenvalue weighted by Gasteiger charge is -2.14. The number of nitrogens with one attached hydrogen (secondary N) is 2. The molecule has 1 aliphatic rings. The fraction of sp³-hybridized carbons (Fsp3) is 0.250. The van der Waals surface area contributed by atoms with Crippen molar-refractivity contribution in [2.45, 2.75) is 36.1 Å². The van der Waals surface area contributed by atoms with Crippen LogP contribution in [0.1, 0.15) is 47.1 Å². The monoisotopic (exact) mass is 501 g/mol. The topological polar surface area (TPSA) is 73.9 Å². The molecule has 1 aliphatic heterocycles. The van der Waals surface area contributed by atoms with Crippen LogP contribution in [-0.4, -0.2) is 45.6 Å². The highest BCUT2D eigenvalue weighted by Crippen LogP contribution is 2.34. The summed E-state index contributed by atoms with van der Waals surface area (Å²) in [7, 11) is 0. The Morgan fingerprint density at radius 2 is 2.03 bits per heavy atom. The van der Waals surface area contributed by atoms with Crippen LogP contribution in [0.3, 0.4) is 0 Å². The van der Waals surface area contributed by atoms with Crippen LogP contribution in [0.4, 0.5) is 4.39 Å². The lowest BCUT2D eigenvalue weighted by atomic mass is 10.1. The van der Waals surface area contributed by atoms with Gasteiger partial charge >= 0.3 is 0 Å². The number of likely N-dealkylation sites (tertiary alicyclic amines) is 1. The molecule has 4 aromatic rings. The van der Waals surface area contributed by atoms with Gasteiger partial charge in [0, 0.05) is 29.6 Å². The third-order valence-corrected chi connectivity index (χ3v) is 7.30. The molecule has 3 heterocycles. The second-order valence-corrected chi connectivity index (χ2v) is 9.88. The highest BCUT2D eigenvalue weighted by atomic mass is 32.2. The molecule has 8 heteroatoms. The first-order chi connectivity index (χ1) is 17.6. The van der Waals surface area contributed by atoms with Crippen LogP contribution in [0.5, 0.6) is 0 Å². The Balaban J connectivity index is 1.34. The van der Waals surface area contributed by atoms with Gasteiger partial charge in [0.25, 0.3) is 5.91 Å². The Kier molecular flexibility index (Phi) is 7.44. The molecule has 1 saturated heterocycles. The smallest absolute Gasteiger partial charge is 0.252 e. The Morgan fingerprint density at radius 1 is 1.17 bits per heavy atom. The number of aromatic amines is 1. The molecule has 2 N–H and O–H groups in total. The van der Waals surface area contributed by atoms with Crippen molar-refractivity contribution in [3.63, 3.8) is 0 Å². The molecule has 36 heavy (non-hydrogen) atoms. The van der Waals surface area contributed by atoms with Crippen LogP contribution in [-0.2, 0) is 6.54 Å². The molecule has 0 unspecified atom stereocenters. The Bertz CT molecular complexity index is 1410. The summed E-state index contributed by atoms with van der Waals surface area (Å²) < 4.78 is 14.6. The number of hydrogen-bond acceptors (Lipinski definition) is 5. The first kappa shape index (κ1) is 24.2. The number of amides is 1. The second-order valence-electron chi connectivity index (χ2n) is 8.80. The van der Waals surface area contributed by atoms with Crippen LogP contribution in [0, 0.1) is 5.82 Å². The van der Waals surface area contributed by atoms with E-state index >= 15 is 0 Å². The largest absolute Gasteiger partial charge is 0.352 e. The normalized spacial score (nSPS) is 14.2. The molecular weight excluding hydrogens is 473 g/mol. The van der Waals surface area contributed by atoms with Gasteiger partial charge in [-0.2, -0.15) is 5.10 Å². The molecule has 1 fully saturated rings. The number of carbonyl (C=O) groups is 1. The summed E-state index contributed by atoms with van der Waals surface area (Å²) in [6, 6.07) is 14.6. The van der Waals surface area contributed by atoms with E-state index in [0.29, 0.717) is 17.0 Å². The van der Waals surface area contributed by atoms with Gasteiger partial charge in [0.2, 0.25) is 0 Å². The van der Waals surface area contributed by atoms with E-state index in [1.165, 1.54) is 36.2 Å². The lowest BCUT2D eigenvalue weighted by Crippen LogP contribution is -2.23. The van der Waals surface area contributed by atoms with Crippen LogP contribution in [0.25, 0.3) is 23.1 Å². The molecule has 2 aromatic carbocycles. The van der Waals surface area contributed by atoms with Crippen molar-refractivity contribution >= 4 is 40.7 Å². The molecule has 0 aliphatic carbocycles. The van der Waals surface area contributed by atoms with Gasteiger partial charge in [-0.1, -0.05) is 17.8 Å². The number of carbonyl (C=O) groups excluding carboxylic acids is 1. The quantitative estimate of drug-likeness (QED) is 0.321. The molecule has 184 valence electrons. The Labute approximate surface area is 214 Å². The maximum absolute atomic E-state index is 14.6. The number of hydrogen-bond donors (Lipinski definition) is 2. The van der Waals surface area contributed by atoms with Crippen LogP contribution in [0.15, 0.2) is 64.5 Å². The van der Waals surface area contributed by atoms with Gasteiger partial charge in [0.05, 0.1) is 27.4 Å². The van der Waals surface area contributed by atoms with Crippen LogP contribution in [0.2, 0.25) is 0 Å². The van der Waals surface area contributed by atoms with Gasteiger partial charge in [-0.05, 0) is 93.0 Å². The number of H-pyrrole nitrogens is 1. The van der Waals surface area contributed by atoms with Crippen molar-refractivity contribution in [1.29, 1.82) is 0 Å². The second kappa shape index (κ2) is 11.1. The zero-order valence-electron chi connectivity index (χ0n) is 20.1. The summed E-state index contributed by atoms with van der Waals surface area (Å²) in [4.78, 5) is 20.5. The van der Waals surface area contributed by atoms with E-state index in [1.807, 2.05) is 43.5 Å². The number of benzene rings is 2. The third-order valence-electron chi connectivity index (χ3n) is 6.19. The number of nitrogens with zero attached hydrogens (tertiary/aromatic N) is 3. The maximum atomic E-state index is 14.6. The van der Waals surface area contributed by atoms with Crippen molar-refractivity contribution in [2.24, 2.45) is 0 Å². The molecule has 1 amide bonds. The van der Waals surface area contributed by atoms with Crippen molar-refractivity contribution in [3.8, 4) is 0 Å². The van der Waals surface area contributed by atoms with Gasteiger partial charge < -0.3 is 5.32 Å². The summed E-state index contributed by atoms with van der Waals surface area (Å²) in [5.41, 5.74) is 4.14. The Hall–Kier alpha value is -3.49. The van der Waals surface area contributed by atoms with Gasteiger partial charge in [-0.3, -0.25) is 19.8 Å². The van der Waals surface area contributed by atoms with E-state index < -0.39 is 5.82 Å². The Morgan fingerprint density at radius 3 is 2.86 bits per heavy atom. The van der Waals surface area contributed by atoms with Crippen molar-refractivity contribution < 1.29 is 9.18 Å². The lowest BCUT2D eigenvalue weighted by molar-refractivity contribution is 0.0952. The van der Waals surface area contributed by atoms with Crippen molar-refractivity contribution in [2.75, 3.05) is 19.6 Å². The van der Waals surface area contributed by atoms with Crippen molar-refractivity contribution in [3.05, 3.63) is 83.1 Å². The molecular formula is C28H28FN5OS. The minimum absolute atomic E-state index is 0.285. The zero-order chi connectivity index (χ0) is 24.9. The first-order valence-electron chi connectivity index (χ1n) is 12.2. The van der Waals surface area contributed by atoms with E-state index in [1.54, 1.807) is 12.1 Å². The number of halogens is 1. The van der Waals surface area contributed by atoms with E-state index in [2.05, 4.69) is 37.5 Å². The van der Waals surface area contributed by atoms with E-state index in [-0.39, 0.29) is 5.91 Å². The summed E-state index contributed by atoms with van der Waals surface area (Å²) in [6.07, 6.45) is 8.34. The van der Waals surface area contributed by atoms with Gasteiger partial charge in [0.1, 0.15) is 5.82 Å². The molecule has 0 spiro atoms. The summed E-state index contributed by atoms with van der Waals surface area (Å²) in [6.45, 7) is 5.60. The predicted octanol–water partition coefficient (Wildman–Crippen LogP) is 5.76. The van der Waals surface area contributed by atoms with E-state index in [4.69, 9.17) is 0 Å². The van der Waals surface area contributed by atoms with Crippen molar-refractivity contribution in [1.82, 2.24) is 25.4 Å². The van der Waals surface area contributed by atoms with Gasteiger partial charge in [0.15, 0.2) is 0 Å². The molecule has 2 aromatic heterocycles. The summed E-state index contributed by atoms with van der Waals surface area (Å²) in [5, 5.41) is 11.2. The number of fused-ring (bicyclic) bond motifs is 1. The SMILES string of the molecule is CCNC(=O)c1cccc(F)c1Sc1ccc2c(/C=C/c3cc(CN4CCCC4)ccn3)n[nH]c2c1. The van der Waals surface area contributed by atoms with Gasteiger partial charge in [-0.15, -0.1) is 0 Å². The molecule has 0 radical (unpaired) electrons. The summed E-state index contributed by atoms with van der Waals surface area (Å²) >= 11 is 1.23. The third kappa shape index (κ3) is 5.50. The highest BCUT2D eigenvalue weighted by molar-refractivity contribution is 7.99. The number of rotatable bonds is 8. The standard InChI is InChI=1S/C28H28FN5OS/c1-2-30-28(35)23-6-5-7-24(29)27(23)36-21-9-10-22-25(32-33-26(22)17-21)11-8-20-16-19(12-13-31-20)18-34-14-3-4-15-34/h5-13,16-17H,2-4,14-15,18H2,1H3,(H,30,35)(H,32,33)/b11-8+. The molecule has 0 bridgehead atoms. The zero-order valence-corrected chi connectivity index (χ0v) is 20.9. The first-order valence-corrected chi connectivity index (χ1v) is 13.0. The van der Waals surface area contributed by atoms with E-state index in [0.717, 1.165) is 46.8 Å². The molecule has 0 saturated carbocycles. The average Bonchev–Trinajstić information content (AvgIpc) is 3.54. The van der Waals surface area contributed by atoms with Crippen LogP contribution < -0.4 is 5.32 Å². The minimum Gasteiger partial charge on any atom is -0.352 e. The van der Waals surface area contributed by atoms with Gasteiger partial charge in [-0.25, -0.2) is 4.39 Å². The average molecular weight is 502 g/mol.